The molecule has 0 aliphatic carbocycles. The standard InChI is InChI=1S/C18H21FN2O3.C18H27FN2O2.C18H23FN2O2.C13H13FN2O.C4H8O/c1-17(2,3)24-16(23)21-10-9-18(12-20,8-7-15(21)22)13-5-4-6-14(19)11-13;2*1-17(2,3)23-16(22)21-10-5-8-18(13-20,9-11-21)14-6-4-7-15(19)12-14;14-11-3-1-2-10(8-11)13(9-15)5-4-12(17)16-7-6-13;1-2-4-5-3-1/h4-6,11H,7-10H2,1-3H3;4,6-7,12H,5,8-11,13,20H2,1-3H3;4,6-7,12H,5,8-11H2,1-3H3;1-3,8H,4-7H2,(H,16,17);1-4H2. The molecule has 4 atom stereocenters. The number of likely N-dealkylation sites (tertiary alicyclic amines) is 3. The summed E-state index contributed by atoms with van der Waals surface area (Å²) < 4.78 is 74.9. The van der Waals surface area contributed by atoms with Crippen LogP contribution in [0.15, 0.2) is 97.1 Å². The van der Waals surface area contributed by atoms with Crippen molar-refractivity contribution in [2.45, 2.75) is 191 Å². The number of nitriles is 3. The van der Waals surface area contributed by atoms with Crippen molar-refractivity contribution in [1.82, 2.24) is 20.0 Å². The van der Waals surface area contributed by atoms with Crippen LogP contribution >= 0.6 is 0 Å². The summed E-state index contributed by atoms with van der Waals surface area (Å²) in [6.07, 6.45) is 7.15. The van der Waals surface area contributed by atoms with E-state index in [9.17, 15) is 57.3 Å². The van der Waals surface area contributed by atoms with Crippen LogP contribution in [0.3, 0.4) is 0 Å². The molecule has 92 heavy (non-hydrogen) atoms. The first kappa shape index (κ1) is 74.7. The maximum absolute atomic E-state index is 13.6. The first-order chi connectivity index (χ1) is 43.3. The van der Waals surface area contributed by atoms with E-state index in [0.717, 1.165) is 36.5 Å². The minimum absolute atomic E-state index is 0.0311. The summed E-state index contributed by atoms with van der Waals surface area (Å²) in [4.78, 5) is 64.7. The molecule has 3 N–H and O–H groups in total. The van der Waals surface area contributed by atoms with Gasteiger partial charge in [0.05, 0.1) is 34.5 Å². The van der Waals surface area contributed by atoms with E-state index in [1.165, 1.54) is 55.3 Å². The van der Waals surface area contributed by atoms with Gasteiger partial charge < -0.3 is 39.8 Å². The Morgan fingerprint density at radius 3 is 1.33 bits per heavy atom. The van der Waals surface area contributed by atoms with Crippen LogP contribution in [-0.2, 0) is 50.2 Å². The molecule has 5 heterocycles. The Bertz CT molecular complexity index is 3260. The zero-order valence-corrected chi connectivity index (χ0v) is 54.9. The van der Waals surface area contributed by atoms with Gasteiger partial charge in [0.1, 0.15) is 40.1 Å². The highest BCUT2D eigenvalue weighted by molar-refractivity contribution is 5.92. The molecule has 5 amide bonds. The smallest absolute Gasteiger partial charge is 0.417 e. The van der Waals surface area contributed by atoms with Crippen LogP contribution in [0.2, 0.25) is 0 Å². The fourth-order valence-electron chi connectivity index (χ4n) is 11.5. The zero-order chi connectivity index (χ0) is 68.0. The molecule has 0 spiro atoms. The summed E-state index contributed by atoms with van der Waals surface area (Å²) in [6.45, 7) is 21.4. The minimum Gasteiger partial charge on any atom is -0.444 e. The lowest BCUT2D eigenvalue weighted by Crippen LogP contribution is -2.40. The molecule has 498 valence electrons. The van der Waals surface area contributed by atoms with E-state index >= 15 is 0 Å². The maximum atomic E-state index is 13.6. The first-order valence-corrected chi connectivity index (χ1v) is 31.7. The second-order valence-corrected chi connectivity index (χ2v) is 26.9. The lowest BCUT2D eigenvalue weighted by Gasteiger charge is -2.32. The number of rotatable bonds is 5. The summed E-state index contributed by atoms with van der Waals surface area (Å²) in [7, 11) is 0. The van der Waals surface area contributed by atoms with Crippen LogP contribution in [0.5, 0.6) is 0 Å². The molecule has 5 aliphatic heterocycles. The molecule has 21 heteroatoms. The van der Waals surface area contributed by atoms with Crippen LogP contribution < -0.4 is 11.1 Å². The third kappa shape index (κ3) is 22.4. The minimum atomic E-state index is -0.992. The molecular formula is C71H92F4N8O9. The molecular weight excluding hydrogens is 1180 g/mol. The van der Waals surface area contributed by atoms with E-state index in [2.05, 4.69) is 23.5 Å². The summed E-state index contributed by atoms with van der Waals surface area (Å²) in [5.74, 6) is -1.78. The van der Waals surface area contributed by atoms with Crippen molar-refractivity contribution in [3.8, 4) is 18.2 Å². The number of halogens is 4. The summed E-state index contributed by atoms with van der Waals surface area (Å²) in [5, 5.41) is 31.5. The second kappa shape index (κ2) is 33.5. The fraction of sp³-hybridized carbons (Fsp3) is 0.549. The van der Waals surface area contributed by atoms with Crippen molar-refractivity contribution in [2.24, 2.45) is 5.73 Å². The van der Waals surface area contributed by atoms with Crippen molar-refractivity contribution in [2.75, 3.05) is 59.0 Å². The molecule has 5 fully saturated rings. The molecule has 9 rings (SSSR count). The molecule has 0 saturated carbocycles. The quantitative estimate of drug-likeness (QED) is 0.140. The molecule has 4 aromatic rings. The molecule has 0 aromatic heterocycles. The van der Waals surface area contributed by atoms with Crippen molar-refractivity contribution >= 4 is 30.1 Å². The monoisotopic (exact) mass is 1280 g/mol. The number of nitrogens with one attached hydrogen (secondary N) is 1. The first-order valence-electron chi connectivity index (χ1n) is 31.7. The van der Waals surface area contributed by atoms with Crippen molar-refractivity contribution in [3.63, 3.8) is 0 Å². The highest BCUT2D eigenvalue weighted by Crippen LogP contribution is 2.39. The van der Waals surface area contributed by atoms with Crippen molar-refractivity contribution in [1.29, 1.82) is 15.8 Å². The van der Waals surface area contributed by atoms with Gasteiger partial charge in [-0.3, -0.25) is 9.59 Å². The lowest BCUT2D eigenvalue weighted by molar-refractivity contribution is -0.129. The molecule has 0 bridgehead atoms. The van der Waals surface area contributed by atoms with Crippen LogP contribution in [0.1, 0.15) is 174 Å². The predicted molar refractivity (Wildman–Crippen MR) is 340 cm³/mol. The summed E-state index contributed by atoms with van der Waals surface area (Å²) >= 11 is 0. The third-order valence-corrected chi connectivity index (χ3v) is 16.6. The number of nitrogens with two attached hydrogens (primary N) is 1. The van der Waals surface area contributed by atoms with Crippen molar-refractivity contribution < 1.29 is 60.5 Å². The van der Waals surface area contributed by atoms with Gasteiger partial charge in [-0.15, -0.1) is 0 Å². The number of hydrogen-bond acceptors (Lipinski definition) is 13. The molecule has 0 radical (unpaired) electrons. The predicted octanol–water partition coefficient (Wildman–Crippen LogP) is 13.7. The van der Waals surface area contributed by atoms with Crippen molar-refractivity contribution in [3.05, 3.63) is 143 Å². The number of nitrogens with zero attached hydrogens (tertiary/aromatic N) is 6. The molecule has 4 aromatic carbocycles. The van der Waals surface area contributed by atoms with E-state index < -0.39 is 45.0 Å². The second-order valence-electron chi connectivity index (χ2n) is 26.9. The van der Waals surface area contributed by atoms with E-state index in [1.54, 1.807) is 79.1 Å². The molecule has 17 nitrogen and oxygen atoms in total. The van der Waals surface area contributed by atoms with Gasteiger partial charge in [0, 0.05) is 77.3 Å². The topological polar surface area (TPSA) is 241 Å². The zero-order valence-electron chi connectivity index (χ0n) is 54.9. The average molecular weight is 1280 g/mol. The van der Waals surface area contributed by atoms with Gasteiger partial charge in [-0.05, 0) is 210 Å². The van der Waals surface area contributed by atoms with Gasteiger partial charge in [0.15, 0.2) is 0 Å². The van der Waals surface area contributed by atoms with Gasteiger partial charge in [-0.25, -0.2) is 36.8 Å². The summed E-state index contributed by atoms with van der Waals surface area (Å²) in [5.41, 5.74) is 4.33. The van der Waals surface area contributed by atoms with Gasteiger partial charge >= 0.3 is 18.3 Å². The largest absolute Gasteiger partial charge is 0.444 e. The normalized spacial score (nSPS) is 22.7. The average Bonchev–Trinajstić information content (AvgIpc) is 1.54. The number of ether oxygens (including phenoxy) is 4. The number of hydrogen-bond donors (Lipinski definition) is 2. The van der Waals surface area contributed by atoms with Gasteiger partial charge in [-0.1, -0.05) is 48.5 Å². The maximum Gasteiger partial charge on any atom is 0.417 e. The van der Waals surface area contributed by atoms with Crippen LogP contribution in [0.25, 0.3) is 0 Å². The number of carbonyl (C=O) groups is 5. The van der Waals surface area contributed by atoms with E-state index in [1.807, 2.05) is 47.6 Å². The number of carbonyl (C=O) groups excluding carboxylic acids is 5. The third-order valence-electron chi connectivity index (χ3n) is 16.6. The van der Waals surface area contributed by atoms with E-state index in [0.29, 0.717) is 101 Å². The Morgan fingerprint density at radius 1 is 0.511 bits per heavy atom. The Morgan fingerprint density at radius 2 is 0.902 bits per heavy atom. The Balaban J connectivity index is 0.000000218. The van der Waals surface area contributed by atoms with Crippen LogP contribution in [0, 0.1) is 57.3 Å². The SMILES string of the molecule is C1CCOC1.CC(C)(C)OC(=O)N1CCC(C#N)(c2cccc(F)c2)CCC1=O.CC(C)(C)OC(=O)N1CCCC(C#N)(c2cccc(F)c2)CC1.CC(C)(C)OC(=O)N1CCCC(CN)(c2cccc(F)c2)CC1.N#CC1(c2cccc(F)c2)CCNC(=O)CC1. The van der Waals surface area contributed by atoms with E-state index in [-0.39, 0.29) is 72.7 Å². The van der Waals surface area contributed by atoms with Gasteiger partial charge in [0.2, 0.25) is 11.8 Å². The number of benzene rings is 4. The van der Waals surface area contributed by atoms with Gasteiger partial charge in [-0.2, -0.15) is 15.8 Å². The molecule has 5 saturated heterocycles. The fourth-order valence-corrected chi connectivity index (χ4v) is 11.5. The summed E-state index contributed by atoms with van der Waals surface area (Å²) in [6, 6.07) is 31.7. The number of amides is 5. The van der Waals surface area contributed by atoms with Crippen LogP contribution in [-0.4, -0.2) is 121 Å². The highest BCUT2D eigenvalue weighted by Gasteiger charge is 2.42. The number of imide groups is 1. The van der Waals surface area contributed by atoms with Gasteiger partial charge in [0.25, 0.3) is 0 Å². The Kier molecular flexibility index (Phi) is 27.2. The Hall–Kier alpha value is -8.06. The Labute approximate surface area is 540 Å². The highest BCUT2D eigenvalue weighted by atomic mass is 19.1. The van der Waals surface area contributed by atoms with E-state index in [4.69, 9.17) is 24.7 Å². The molecule has 4 unspecified atom stereocenters. The van der Waals surface area contributed by atoms with Crippen LogP contribution in [0.4, 0.5) is 31.9 Å². The lowest BCUT2D eigenvalue weighted by atomic mass is 9.74. The molecule has 5 aliphatic rings.